The van der Waals surface area contributed by atoms with Crippen LogP contribution in [0.1, 0.15) is 32.1 Å². The molecular weight excluding hydrogens is 212 g/mol. The van der Waals surface area contributed by atoms with Gasteiger partial charge in [-0.15, -0.1) is 0 Å². The van der Waals surface area contributed by atoms with Gasteiger partial charge in [-0.1, -0.05) is 24.1 Å². The minimum absolute atomic E-state index is 0.213. The number of carbonyl (C=O) groups is 1. The van der Waals surface area contributed by atoms with Crippen LogP contribution in [-0.4, -0.2) is 13.1 Å². The molecule has 0 heterocycles. The second-order valence-corrected chi connectivity index (χ2v) is 5.55. The minimum Gasteiger partial charge on any atom is -0.466 e. The first kappa shape index (κ1) is 11.1. The van der Waals surface area contributed by atoms with Crippen LogP contribution in [0.25, 0.3) is 0 Å². The molecule has 3 rings (SSSR count). The number of methoxy groups -OCH3 is 1. The van der Waals surface area contributed by atoms with E-state index in [0.29, 0.717) is 5.92 Å². The van der Waals surface area contributed by atoms with Crippen LogP contribution < -0.4 is 0 Å². The molecule has 3 aliphatic rings. The second-order valence-electron chi connectivity index (χ2n) is 5.55. The summed E-state index contributed by atoms with van der Waals surface area (Å²) in [6, 6.07) is 0. The maximum atomic E-state index is 11.2. The third-order valence-electron chi connectivity index (χ3n) is 4.90. The smallest absolute Gasteiger partial charge is 0.330 e. The van der Waals surface area contributed by atoms with Gasteiger partial charge in [0.2, 0.25) is 0 Å². The summed E-state index contributed by atoms with van der Waals surface area (Å²) in [5.41, 5.74) is 1.71. The van der Waals surface area contributed by atoms with Crippen molar-refractivity contribution >= 4 is 5.97 Å². The van der Waals surface area contributed by atoms with Crippen molar-refractivity contribution in [1.82, 2.24) is 0 Å². The number of hydrogen-bond acceptors (Lipinski definition) is 2. The molecule has 0 unspecified atom stereocenters. The third-order valence-corrected chi connectivity index (χ3v) is 4.90. The summed E-state index contributed by atoms with van der Waals surface area (Å²) in [4.78, 5) is 11.2. The van der Waals surface area contributed by atoms with E-state index in [-0.39, 0.29) is 5.97 Å². The van der Waals surface area contributed by atoms with Crippen LogP contribution in [-0.2, 0) is 9.53 Å². The molecule has 4 atom stereocenters. The molecule has 0 radical (unpaired) electrons. The van der Waals surface area contributed by atoms with Crippen LogP contribution in [0.2, 0.25) is 0 Å². The Labute approximate surface area is 103 Å². The van der Waals surface area contributed by atoms with Crippen LogP contribution in [0.15, 0.2) is 23.8 Å². The van der Waals surface area contributed by atoms with Crippen molar-refractivity contribution in [3.8, 4) is 0 Å². The molecule has 0 N–H and O–H groups in total. The van der Waals surface area contributed by atoms with Crippen LogP contribution in [0.4, 0.5) is 0 Å². The minimum atomic E-state index is -0.213. The lowest BCUT2D eigenvalue weighted by Crippen LogP contribution is -2.12. The summed E-state index contributed by atoms with van der Waals surface area (Å²) in [6.07, 6.45) is 12.9. The molecule has 0 spiro atoms. The largest absolute Gasteiger partial charge is 0.466 e. The Morgan fingerprint density at radius 3 is 3.06 bits per heavy atom. The second kappa shape index (κ2) is 4.32. The molecule has 0 amide bonds. The molecule has 2 saturated carbocycles. The summed E-state index contributed by atoms with van der Waals surface area (Å²) < 4.78 is 4.69. The van der Waals surface area contributed by atoms with Gasteiger partial charge in [-0.2, -0.15) is 0 Å². The van der Waals surface area contributed by atoms with Crippen molar-refractivity contribution in [1.29, 1.82) is 0 Å². The number of rotatable bonds is 2. The zero-order valence-electron chi connectivity index (χ0n) is 10.4. The number of esters is 1. The van der Waals surface area contributed by atoms with E-state index in [2.05, 4.69) is 12.2 Å². The Morgan fingerprint density at radius 1 is 1.35 bits per heavy atom. The fourth-order valence-corrected chi connectivity index (χ4v) is 4.28. The Hall–Kier alpha value is -1.05. The third kappa shape index (κ3) is 1.74. The Kier molecular flexibility index (Phi) is 2.81. The number of carbonyl (C=O) groups excluding carboxylic acids is 1. The Balaban J connectivity index is 1.81. The molecule has 2 nitrogen and oxygen atoms in total. The van der Waals surface area contributed by atoms with Crippen molar-refractivity contribution in [2.75, 3.05) is 7.11 Å². The maximum Gasteiger partial charge on any atom is 0.330 e. The van der Waals surface area contributed by atoms with Gasteiger partial charge in [-0.3, -0.25) is 0 Å². The van der Waals surface area contributed by atoms with Gasteiger partial charge in [0.15, 0.2) is 0 Å². The van der Waals surface area contributed by atoms with Gasteiger partial charge in [0, 0.05) is 6.08 Å². The molecule has 0 bridgehead atoms. The summed E-state index contributed by atoms with van der Waals surface area (Å²) in [5.74, 6) is 2.73. The number of allylic oxidation sites excluding steroid dienone is 3. The lowest BCUT2D eigenvalue weighted by atomic mass is 9.86. The normalized spacial score (nSPS) is 39.2. The fourth-order valence-electron chi connectivity index (χ4n) is 4.28. The summed E-state index contributed by atoms with van der Waals surface area (Å²) in [5, 5.41) is 0. The van der Waals surface area contributed by atoms with Crippen molar-refractivity contribution in [2.45, 2.75) is 32.1 Å². The number of fused-ring (bicyclic) bond motifs is 3. The summed E-state index contributed by atoms with van der Waals surface area (Å²) in [7, 11) is 1.45. The molecule has 3 aliphatic carbocycles. The average Bonchev–Trinajstić information content (AvgIpc) is 2.99. The molecule has 17 heavy (non-hydrogen) atoms. The highest BCUT2D eigenvalue weighted by Gasteiger charge is 2.48. The van der Waals surface area contributed by atoms with Gasteiger partial charge in [0.1, 0.15) is 0 Å². The topological polar surface area (TPSA) is 26.3 Å². The highest BCUT2D eigenvalue weighted by atomic mass is 16.5. The molecule has 2 fully saturated rings. The van der Waals surface area contributed by atoms with Crippen molar-refractivity contribution in [3.05, 3.63) is 23.8 Å². The standard InChI is InChI=1S/C15H20O2/c1-17-15(16)9-8-14-12-6-2-4-10(12)11-5-3-7-13(11)14/h4,8-9,11-14H,2-3,5-7H2,1H3/b9-8+/t11-,12-,13-,14-/m0/s1. The molecule has 0 saturated heterocycles. The van der Waals surface area contributed by atoms with E-state index in [9.17, 15) is 4.79 Å². The molecule has 0 aromatic rings. The van der Waals surface area contributed by atoms with Crippen molar-refractivity contribution in [3.63, 3.8) is 0 Å². The van der Waals surface area contributed by atoms with Gasteiger partial charge in [0.05, 0.1) is 7.11 Å². The quantitative estimate of drug-likeness (QED) is 0.415. The highest BCUT2D eigenvalue weighted by Crippen LogP contribution is 2.57. The molecule has 0 aromatic carbocycles. The van der Waals surface area contributed by atoms with E-state index in [4.69, 9.17) is 4.74 Å². The zero-order valence-corrected chi connectivity index (χ0v) is 10.4. The van der Waals surface area contributed by atoms with Crippen LogP contribution >= 0.6 is 0 Å². The zero-order chi connectivity index (χ0) is 11.8. The van der Waals surface area contributed by atoms with Crippen molar-refractivity contribution < 1.29 is 9.53 Å². The Bertz CT molecular complexity index is 380. The van der Waals surface area contributed by atoms with Crippen molar-refractivity contribution in [2.24, 2.45) is 23.7 Å². The van der Waals surface area contributed by atoms with Crippen LogP contribution in [0.3, 0.4) is 0 Å². The number of ether oxygens (including phenoxy) is 1. The fraction of sp³-hybridized carbons (Fsp3) is 0.667. The van der Waals surface area contributed by atoms with Crippen LogP contribution in [0.5, 0.6) is 0 Å². The van der Waals surface area contributed by atoms with E-state index >= 15 is 0 Å². The molecular formula is C15H20O2. The first-order valence-corrected chi connectivity index (χ1v) is 6.77. The van der Waals surface area contributed by atoms with E-state index in [0.717, 1.165) is 17.8 Å². The van der Waals surface area contributed by atoms with Crippen LogP contribution in [0, 0.1) is 23.7 Å². The SMILES string of the molecule is COC(=O)/C=C/[C@@H]1[C@H]2CCC[C@H]2C2=CCC[C@@H]21. The summed E-state index contributed by atoms with van der Waals surface area (Å²) >= 11 is 0. The van der Waals surface area contributed by atoms with E-state index in [1.807, 2.05) is 0 Å². The lowest BCUT2D eigenvalue weighted by molar-refractivity contribution is -0.134. The van der Waals surface area contributed by atoms with Gasteiger partial charge < -0.3 is 4.74 Å². The average molecular weight is 232 g/mol. The Morgan fingerprint density at radius 2 is 2.24 bits per heavy atom. The molecule has 2 heteroatoms. The van der Waals surface area contributed by atoms with E-state index < -0.39 is 0 Å². The predicted molar refractivity (Wildman–Crippen MR) is 66.3 cm³/mol. The van der Waals surface area contributed by atoms with Gasteiger partial charge >= 0.3 is 5.97 Å². The van der Waals surface area contributed by atoms with Gasteiger partial charge in [-0.25, -0.2) is 4.79 Å². The number of hydrogen-bond donors (Lipinski definition) is 0. The highest BCUT2D eigenvalue weighted by molar-refractivity contribution is 5.81. The van der Waals surface area contributed by atoms with E-state index in [1.165, 1.54) is 39.2 Å². The maximum absolute atomic E-state index is 11.2. The molecule has 92 valence electrons. The van der Waals surface area contributed by atoms with E-state index in [1.54, 1.807) is 11.6 Å². The first-order chi connectivity index (χ1) is 8.31. The van der Waals surface area contributed by atoms with Gasteiger partial charge in [-0.05, 0) is 49.4 Å². The predicted octanol–water partition coefficient (Wildman–Crippen LogP) is 3.10. The summed E-state index contributed by atoms with van der Waals surface area (Å²) in [6.45, 7) is 0. The lowest BCUT2D eigenvalue weighted by Gasteiger charge is -2.18. The molecule has 0 aliphatic heterocycles. The first-order valence-electron chi connectivity index (χ1n) is 6.77. The monoisotopic (exact) mass is 232 g/mol. The van der Waals surface area contributed by atoms with Gasteiger partial charge in [0.25, 0.3) is 0 Å². The molecule has 0 aromatic heterocycles.